The van der Waals surface area contributed by atoms with Crippen LogP contribution in [0, 0.1) is 0 Å². The van der Waals surface area contributed by atoms with E-state index < -0.39 is 5.97 Å². The third kappa shape index (κ3) is 1.50. The molecule has 0 amide bonds. The predicted octanol–water partition coefficient (Wildman–Crippen LogP) is 2.16. The molecule has 0 spiro atoms. The Morgan fingerprint density at radius 2 is 2.29 bits per heavy atom. The van der Waals surface area contributed by atoms with Crippen LogP contribution in [0.4, 0.5) is 0 Å². The highest BCUT2D eigenvalue weighted by atomic mass is 32.1. The molecule has 0 unspecified atom stereocenters. The first-order valence-electron chi connectivity index (χ1n) is 4.86. The zero-order valence-corrected chi connectivity index (χ0v) is 9.39. The molecule has 0 saturated carbocycles. The van der Waals surface area contributed by atoms with E-state index in [1.54, 1.807) is 22.0 Å². The van der Waals surface area contributed by atoms with Gasteiger partial charge in [-0.2, -0.15) is 16.4 Å². The van der Waals surface area contributed by atoms with Gasteiger partial charge in [0.1, 0.15) is 5.56 Å². The fourth-order valence-corrected chi connectivity index (χ4v) is 2.32. The summed E-state index contributed by atoms with van der Waals surface area (Å²) in [5.74, 6) is -1.02. The molecule has 0 aromatic carbocycles. The molecule has 0 saturated heterocycles. The second-order valence-corrected chi connectivity index (χ2v) is 4.22. The molecule has 3 aromatic rings. The SMILES string of the molecule is O=C(O)c1cnn2c(-c3ccsc3)ccnc12. The van der Waals surface area contributed by atoms with Gasteiger partial charge in [0.2, 0.25) is 0 Å². The topological polar surface area (TPSA) is 67.5 Å². The number of fused-ring (bicyclic) bond motifs is 1. The molecule has 3 rings (SSSR count). The Kier molecular flexibility index (Phi) is 2.15. The van der Waals surface area contributed by atoms with Crippen LogP contribution in [-0.2, 0) is 0 Å². The predicted molar refractivity (Wildman–Crippen MR) is 63.3 cm³/mol. The van der Waals surface area contributed by atoms with Gasteiger partial charge in [0.25, 0.3) is 0 Å². The molecule has 5 nitrogen and oxygen atoms in total. The van der Waals surface area contributed by atoms with E-state index in [9.17, 15) is 4.79 Å². The lowest BCUT2D eigenvalue weighted by Crippen LogP contribution is -1.99. The number of carboxylic acid groups (broad SMARTS) is 1. The van der Waals surface area contributed by atoms with E-state index >= 15 is 0 Å². The maximum absolute atomic E-state index is 11.0. The van der Waals surface area contributed by atoms with Gasteiger partial charge in [0.15, 0.2) is 5.65 Å². The number of aromatic carboxylic acids is 1. The van der Waals surface area contributed by atoms with E-state index in [1.807, 2.05) is 22.9 Å². The monoisotopic (exact) mass is 245 g/mol. The minimum Gasteiger partial charge on any atom is -0.477 e. The van der Waals surface area contributed by atoms with E-state index in [4.69, 9.17) is 5.11 Å². The van der Waals surface area contributed by atoms with Gasteiger partial charge in [-0.1, -0.05) is 0 Å². The number of nitrogens with zero attached hydrogens (tertiary/aromatic N) is 3. The summed E-state index contributed by atoms with van der Waals surface area (Å²) in [7, 11) is 0. The molecular formula is C11H7N3O2S. The van der Waals surface area contributed by atoms with Crippen LogP contribution in [0.2, 0.25) is 0 Å². The first kappa shape index (κ1) is 9.98. The number of hydrogen-bond acceptors (Lipinski definition) is 4. The van der Waals surface area contributed by atoms with E-state index in [0.29, 0.717) is 5.65 Å². The first-order valence-corrected chi connectivity index (χ1v) is 5.80. The van der Waals surface area contributed by atoms with Gasteiger partial charge in [0.05, 0.1) is 11.9 Å². The molecular weight excluding hydrogens is 238 g/mol. The molecule has 0 aliphatic heterocycles. The van der Waals surface area contributed by atoms with Gasteiger partial charge in [-0.05, 0) is 17.5 Å². The maximum Gasteiger partial charge on any atom is 0.341 e. The number of carboxylic acids is 1. The fourth-order valence-electron chi connectivity index (χ4n) is 1.67. The normalized spacial score (nSPS) is 10.8. The van der Waals surface area contributed by atoms with Crippen LogP contribution < -0.4 is 0 Å². The van der Waals surface area contributed by atoms with Crippen molar-refractivity contribution in [2.45, 2.75) is 0 Å². The summed E-state index contributed by atoms with van der Waals surface area (Å²) in [6, 6.07) is 3.77. The largest absolute Gasteiger partial charge is 0.477 e. The van der Waals surface area contributed by atoms with Crippen molar-refractivity contribution in [3.63, 3.8) is 0 Å². The average Bonchev–Trinajstić information content (AvgIpc) is 2.97. The number of carbonyl (C=O) groups is 1. The Morgan fingerprint density at radius 3 is 3.00 bits per heavy atom. The summed E-state index contributed by atoms with van der Waals surface area (Å²) >= 11 is 1.58. The quantitative estimate of drug-likeness (QED) is 0.751. The molecule has 0 aliphatic carbocycles. The van der Waals surface area contributed by atoms with Crippen molar-refractivity contribution in [1.82, 2.24) is 14.6 Å². The molecule has 17 heavy (non-hydrogen) atoms. The van der Waals surface area contributed by atoms with Crippen LogP contribution in [0.5, 0.6) is 0 Å². The van der Waals surface area contributed by atoms with Gasteiger partial charge in [-0.3, -0.25) is 0 Å². The number of thiophene rings is 1. The van der Waals surface area contributed by atoms with Crippen molar-refractivity contribution in [3.8, 4) is 11.3 Å². The lowest BCUT2D eigenvalue weighted by molar-refractivity contribution is 0.0699. The first-order chi connectivity index (χ1) is 8.27. The molecule has 3 aromatic heterocycles. The van der Waals surface area contributed by atoms with E-state index in [1.165, 1.54) is 6.20 Å². The molecule has 0 atom stereocenters. The fraction of sp³-hybridized carbons (Fsp3) is 0. The molecule has 0 bridgehead atoms. The van der Waals surface area contributed by atoms with Crippen molar-refractivity contribution < 1.29 is 9.90 Å². The molecule has 1 N–H and O–H groups in total. The lowest BCUT2D eigenvalue weighted by Gasteiger charge is -2.01. The summed E-state index contributed by atoms with van der Waals surface area (Å²) in [5.41, 5.74) is 2.31. The zero-order valence-electron chi connectivity index (χ0n) is 8.57. The Morgan fingerprint density at radius 1 is 1.41 bits per heavy atom. The van der Waals surface area contributed by atoms with Crippen LogP contribution in [0.1, 0.15) is 10.4 Å². The van der Waals surface area contributed by atoms with Crippen LogP contribution in [0.3, 0.4) is 0 Å². The van der Waals surface area contributed by atoms with Crippen LogP contribution >= 0.6 is 11.3 Å². The number of hydrogen-bond donors (Lipinski definition) is 1. The average molecular weight is 245 g/mol. The lowest BCUT2D eigenvalue weighted by atomic mass is 10.2. The van der Waals surface area contributed by atoms with Crippen molar-refractivity contribution >= 4 is 23.0 Å². The van der Waals surface area contributed by atoms with Crippen LogP contribution in [0.15, 0.2) is 35.3 Å². The van der Waals surface area contributed by atoms with Crippen molar-refractivity contribution in [1.29, 1.82) is 0 Å². The Bertz CT molecular complexity index is 688. The zero-order chi connectivity index (χ0) is 11.8. The third-order valence-corrected chi connectivity index (χ3v) is 3.13. The van der Waals surface area contributed by atoms with E-state index in [2.05, 4.69) is 10.1 Å². The van der Waals surface area contributed by atoms with Gasteiger partial charge in [-0.15, -0.1) is 0 Å². The minimum atomic E-state index is -1.02. The van der Waals surface area contributed by atoms with Crippen molar-refractivity contribution in [3.05, 3.63) is 40.8 Å². The second kappa shape index (κ2) is 3.67. The van der Waals surface area contributed by atoms with Crippen LogP contribution in [-0.4, -0.2) is 25.7 Å². The Balaban J connectivity index is 2.32. The van der Waals surface area contributed by atoms with Crippen molar-refractivity contribution in [2.24, 2.45) is 0 Å². The highest BCUT2D eigenvalue weighted by molar-refractivity contribution is 7.08. The van der Waals surface area contributed by atoms with Crippen molar-refractivity contribution in [2.75, 3.05) is 0 Å². The highest BCUT2D eigenvalue weighted by Crippen LogP contribution is 2.22. The Labute approximate surface area is 100.0 Å². The summed E-state index contributed by atoms with van der Waals surface area (Å²) in [6.45, 7) is 0. The summed E-state index contributed by atoms with van der Waals surface area (Å²) in [4.78, 5) is 15.0. The smallest absolute Gasteiger partial charge is 0.341 e. The molecule has 0 radical (unpaired) electrons. The van der Waals surface area contributed by atoms with Gasteiger partial charge >= 0.3 is 5.97 Å². The van der Waals surface area contributed by atoms with E-state index in [-0.39, 0.29) is 5.56 Å². The molecule has 3 heterocycles. The van der Waals surface area contributed by atoms with Gasteiger partial charge < -0.3 is 5.11 Å². The highest BCUT2D eigenvalue weighted by Gasteiger charge is 2.14. The van der Waals surface area contributed by atoms with Gasteiger partial charge in [-0.25, -0.2) is 14.3 Å². The van der Waals surface area contributed by atoms with Crippen LogP contribution in [0.25, 0.3) is 16.9 Å². The summed E-state index contributed by atoms with van der Waals surface area (Å²) in [5, 5.41) is 17.0. The van der Waals surface area contributed by atoms with Gasteiger partial charge in [0, 0.05) is 17.1 Å². The summed E-state index contributed by atoms with van der Waals surface area (Å²) in [6.07, 6.45) is 2.91. The second-order valence-electron chi connectivity index (χ2n) is 3.44. The molecule has 6 heteroatoms. The number of rotatable bonds is 2. The Hall–Kier alpha value is -2.21. The molecule has 84 valence electrons. The standard InChI is InChI=1S/C11H7N3O2S/c15-11(16)8-5-13-14-9(1-3-12-10(8)14)7-2-4-17-6-7/h1-6H,(H,15,16). The minimum absolute atomic E-state index is 0.113. The molecule has 0 fully saturated rings. The number of aromatic nitrogens is 3. The molecule has 0 aliphatic rings. The summed E-state index contributed by atoms with van der Waals surface area (Å²) < 4.78 is 1.55. The third-order valence-electron chi connectivity index (χ3n) is 2.45. The van der Waals surface area contributed by atoms with E-state index in [0.717, 1.165) is 11.3 Å². The maximum atomic E-state index is 11.0.